The van der Waals surface area contributed by atoms with Crippen molar-refractivity contribution in [2.45, 2.75) is 57.8 Å². The first-order valence-electron chi connectivity index (χ1n) is 9.92. The topological polar surface area (TPSA) is 34.1 Å². The Kier molecular flexibility index (Phi) is 7.01. The highest BCUT2D eigenvalue weighted by Crippen LogP contribution is 2.36. The number of hydrogen-bond acceptors (Lipinski definition) is 2. The van der Waals surface area contributed by atoms with Gasteiger partial charge in [0.25, 0.3) is 0 Å². The Hall–Kier alpha value is -1.74. The molecule has 0 aromatic heterocycles. The molecule has 0 spiro atoms. The Labute approximate surface area is 170 Å². The summed E-state index contributed by atoms with van der Waals surface area (Å²) < 4.78 is 0.905. The molecule has 0 radical (unpaired) electrons. The second-order valence-electron chi connectivity index (χ2n) is 7.68. The van der Waals surface area contributed by atoms with Gasteiger partial charge in [-0.05, 0) is 37.5 Å². The van der Waals surface area contributed by atoms with Crippen LogP contribution < -0.4 is 0 Å². The number of Topliss-reactive ketones (excluding diaryl/α,β-unsaturated/α-hetero) is 2. The Morgan fingerprint density at radius 1 is 1.07 bits per heavy atom. The van der Waals surface area contributed by atoms with Gasteiger partial charge in [-0.1, -0.05) is 77.2 Å². The molecule has 2 nitrogen and oxygen atoms in total. The van der Waals surface area contributed by atoms with Crippen LogP contribution in [0.5, 0.6) is 0 Å². The van der Waals surface area contributed by atoms with Crippen LogP contribution in [0.1, 0.15) is 72.3 Å². The lowest BCUT2D eigenvalue weighted by Crippen LogP contribution is -2.26. The van der Waals surface area contributed by atoms with E-state index in [0.717, 1.165) is 35.7 Å². The minimum Gasteiger partial charge on any atom is -0.299 e. The molecule has 2 aromatic carbocycles. The Morgan fingerprint density at radius 3 is 2.56 bits per heavy atom. The van der Waals surface area contributed by atoms with Gasteiger partial charge in [-0.2, -0.15) is 0 Å². The van der Waals surface area contributed by atoms with Crippen LogP contribution in [0, 0.1) is 12.8 Å². The first-order valence-corrected chi connectivity index (χ1v) is 10.7. The normalized spacial score (nSPS) is 19.2. The molecule has 1 aliphatic carbocycles. The number of ketones is 2. The molecule has 142 valence electrons. The Bertz CT molecular complexity index is 794. The minimum absolute atomic E-state index is 0.0392. The molecular formula is C24H27BrO2. The van der Waals surface area contributed by atoms with Gasteiger partial charge in [-0.3, -0.25) is 9.59 Å². The maximum atomic E-state index is 13.0. The van der Waals surface area contributed by atoms with Crippen LogP contribution >= 0.6 is 15.9 Å². The van der Waals surface area contributed by atoms with Crippen LogP contribution in [0.3, 0.4) is 0 Å². The lowest BCUT2D eigenvalue weighted by atomic mass is 9.75. The average Bonchev–Trinajstić information content (AvgIpc) is 2.64. The number of hydrogen-bond donors (Lipinski definition) is 0. The van der Waals surface area contributed by atoms with Crippen molar-refractivity contribution in [1.82, 2.24) is 0 Å². The summed E-state index contributed by atoms with van der Waals surface area (Å²) in [6.07, 6.45) is 6.31. The monoisotopic (exact) mass is 426 g/mol. The fourth-order valence-electron chi connectivity index (χ4n) is 4.07. The highest BCUT2D eigenvalue weighted by molar-refractivity contribution is 9.10. The van der Waals surface area contributed by atoms with E-state index in [2.05, 4.69) is 47.1 Å². The number of carbonyl (C=O) groups excluding carboxylic acids is 2. The van der Waals surface area contributed by atoms with Gasteiger partial charge in [0, 0.05) is 34.7 Å². The molecule has 27 heavy (non-hydrogen) atoms. The summed E-state index contributed by atoms with van der Waals surface area (Å²) in [4.78, 5) is 25.9. The molecule has 0 aliphatic heterocycles. The third kappa shape index (κ3) is 5.38. The fourth-order valence-corrected chi connectivity index (χ4v) is 4.47. The van der Waals surface area contributed by atoms with E-state index in [1.807, 2.05) is 24.3 Å². The van der Waals surface area contributed by atoms with E-state index >= 15 is 0 Å². The molecule has 1 aliphatic rings. The van der Waals surface area contributed by atoms with Gasteiger partial charge in [0.1, 0.15) is 5.78 Å². The summed E-state index contributed by atoms with van der Waals surface area (Å²) in [6.45, 7) is 2.06. The fraction of sp³-hybridized carbons (Fsp3) is 0.417. The highest BCUT2D eigenvalue weighted by atomic mass is 79.9. The summed E-state index contributed by atoms with van der Waals surface area (Å²) in [5, 5.41) is 0. The Morgan fingerprint density at radius 2 is 1.81 bits per heavy atom. The number of halogens is 1. The first kappa shape index (κ1) is 20.0. The average molecular weight is 427 g/mol. The molecule has 2 atom stereocenters. The zero-order chi connectivity index (χ0) is 19.2. The van der Waals surface area contributed by atoms with Crippen molar-refractivity contribution in [2.24, 2.45) is 5.92 Å². The van der Waals surface area contributed by atoms with Crippen molar-refractivity contribution in [3.63, 3.8) is 0 Å². The van der Waals surface area contributed by atoms with Crippen LogP contribution in [-0.4, -0.2) is 11.6 Å². The molecular weight excluding hydrogens is 400 g/mol. The molecule has 0 saturated heterocycles. The summed E-state index contributed by atoms with van der Waals surface area (Å²) in [5.41, 5.74) is 3.02. The smallest absolute Gasteiger partial charge is 0.163 e. The molecule has 0 unspecified atom stereocenters. The molecule has 3 heteroatoms. The second kappa shape index (κ2) is 9.45. The van der Waals surface area contributed by atoms with Crippen molar-refractivity contribution >= 4 is 27.5 Å². The van der Waals surface area contributed by atoms with Gasteiger partial charge in [0.2, 0.25) is 0 Å². The van der Waals surface area contributed by atoms with Crippen molar-refractivity contribution in [3.8, 4) is 0 Å². The van der Waals surface area contributed by atoms with E-state index in [1.165, 1.54) is 12.0 Å². The molecule has 0 heterocycles. The predicted octanol–water partition coefficient (Wildman–Crippen LogP) is 6.65. The minimum atomic E-state index is -0.0518. The third-order valence-corrected chi connectivity index (χ3v) is 6.14. The molecule has 0 N–H and O–H groups in total. The van der Waals surface area contributed by atoms with Crippen molar-refractivity contribution in [3.05, 3.63) is 69.7 Å². The summed E-state index contributed by atoms with van der Waals surface area (Å²) in [5.74, 6) is 0.353. The van der Waals surface area contributed by atoms with Gasteiger partial charge >= 0.3 is 0 Å². The Balaban J connectivity index is 1.90. The van der Waals surface area contributed by atoms with E-state index in [9.17, 15) is 9.59 Å². The SMILES string of the molecule is Cc1ccc([C@H](CC(=O)c2cccc(Br)c2)[C@H]2CCCCCCC2=O)cc1. The van der Waals surface area contributed by atoms with Crippen LogP contribution in [0.4, 0.5) is 0 Å². The van der Waals surface area contributed by atoms with Gasteiger partial charge in [0.15, 0.2) is 5.78 Å². The molecule has 2 aromatic rings. The standard InChI is InChI=1S/C24H27BrO2/c1-17-11-13-18(14-12-17)22(21-9-4-2-3-5-10-23(21)26)16-24(27)19-7-6-8-20(25)15-19/h6-8,11-15,21-22H,2-5,9-10,16H2,1H3/t21-,22+/m1/s1. The van der Waals surface area contributed by atoms with E-state index in [4.69, 9.17) is 0 Å². The number of aryl methyl sites for hydroxylation is 1. The lowest BCUT2D eigenvalue weighted by Gasteiger charge is -2.28. The van der Waals surface area contributed by atoms with E-state index < -0.39 is 0 Å². The van der Waals surface area contributed by atoms with E-state index in [1.54, 1.807) is 0 Å². The first-order chi connectivity index (χ1) is 13.0. The maximum absolute atomic E-state index is 13.0. The quantitative estimate of drug-likeness (QED) is 0.501. The van der Waals surface area contributed by atoms with Crippen molar-refractivity contribution in [1.29, 1.82) is 0 Å². The van der Waals surface area contributed by atoms with Crippen molar-refractivity contribution in [2.75, 3.05) is 0 Å². The van der Waals surface area contributed by atoms with Crippen LogP contribution in [0.2, 0.25) is 0 Å². The van der Waals surface area contributed by atoms with Crippen LogP contribution in [0.25, 0.3) is 0 Å². The van der Waals surface area contributed by atoms with Crippen molar-refractivity contribution < 1.29 is 9.59 Å². The van der Waals surface area contributed by atoms with Gasteiger partial charge in [-0.15, -0.1) is 0 Å². The summed E-state index contributed by atoms with van der Waals surface area (Å²) >= 11 is 3.45. The lowest BCUT2D eigenvalue weighted by molar-refractivity contribution is -0.124. The molecule has 3 rings (SSSR count). The molecule has 0 amide bonds. The van der Waals surface area contributed by atoms with Gasteiger partial charge in [-0.25, -0.2) is 0 Å². The molecule has 0 bridgehead atoms. The second-order valence-corrected chi connectivity index (χ2v) is 8.60. The van der Waals surface area contributed by atoms with Gasteiger partial charge in [0.05, 0.1) is 0 Å². The molecule has 1 saturated carbocycles. The zero-order valence-electron chi connectivity index (χ0n) is 15.9. The number of carbonyl (C=O) groups is 2. The summed E-state index contributed by atoms with van der Waals surface area (Å²) in [7, 11) is 0. The number of benzene rings is 2. The third-order valence-electron chi connectivity index (χ3n) is 5.64. The zero-order valence-corrected chi connectivity index (χ0v) is 17.5. The predicted molar refractivity (Wildman–Crippen MR) is 113 cm³/mol. The van der Waals surface area contributed by atoms with E-state index in [0.29, 0.717) is 24.2 Å². The largest absolute Gasteiger partial charge is 0.299 e. The summed E-state index contributed by atoms with van der Waals surface area (Å²) in [6, 6.07) is 15.9. The van der Waals surface area contributed by atoms with Crippen LogP contribution in [-0.2, 0) is 4.79 Å². The maximum Gasteiger partial charge on any atom is 0.163 e. The molecule has 1 fully saturated rings. The highest BCUT2D eigenvalue weighted by Gasteiger charge is 2.31. The van der Waals surface area contributed by atoms with Gasteiger partial charge < -0.3 is 0 Å². The van der Waals surface area contributed by atoms with E-state index in [-0.39, 0.29) is 17.6 Å². The van der Waals surface area contributed by atoms with Crippen LogP contribution in [0.15, 0.2) is 53.0 Å². The number of rotatable bonds is 5.